The second-order valence-electron chi connectivity index (χ2n) is 5.21. The molecule has 11 heteroatoms. The van der Waals surface area contributed by atoms with Gasteiger partial charge in [-0.05, 0) is 18.2 Å². The molecule has 26 heavy (non-hydrogen) atoms. The summed E-state index contributed by atoms with van der Waals surface area (Å²) >= 11 is 0.951. The van der Waals surface area contributed by atoms with Crippen LogP contribution in [0.25, 0.3) is 16.4 Å². The lowest BCUT2D eigenvalue weighted by Gasteiger charge is -2.05. The van der Waals surface area contributed by atoms with Crippen molar-refractivity contribution in [1.82, 2.24) is 14.8 Å². The maximum atomic E-state index is 13.9. The molecule has 1 aromatic carbocycles. The topological polar surface area (TPSA) is 122 Å². The first kappa shape index (κ1) is 18.0. The van der Waals surface area contributed by atoms with Gasteiger partial charge >= 0.3 is 5.97 Å². The van der Waals surface area contributed by atoms with Gasteiger partial charge in [0.15, 0.2) is 15.5 Å². The minimum atomic E-state index is -3.77. The number of H-pyrrole nitrogens is 1. The highest BCUT2D eigenvalue weighted by Gasteiger charge is 2.19. The minimum absolute atomic E-state index is 0.113. The fourth-order valence-corrected chi connectivity index (χ4v) is 3.96. The summed E-state index contributed by atoms with van der Waals surface area (Å²) in [4.78, 5) is 26.4. The van der Waals surface area contributed by atoms with E-state index in [1.54, 1.807) is 0 Å². The first-order chi connectivity index (χ1) is 12.2. The van der Waals surface area contributed by atoms with E-state index in [1.165, 1.54) is 24.4 Å². The number of carboxylic acid groups (broad SMARTS) is 1. The van der Waals surface area contributed by atoms with Crippen LogP contribution in [0.3, 0.4) is 0 Å². The zero-order valence-corrected chi connectivity index (χ0v) is 14.9. The van der Waals surface area contributed by atoms with Gasteiger partial charge in [-0.25, -0.2) is 22.6 Å². The number of hydrogen-bond donors (Lipinski definition) is 2. The van der Waals surface area contributed by atoms with Crippen molar-refractivity contribution in [3.8, 4) is 16.4 Å². The third-order valence-electron chi connectivity index (χ3n) is 3.58. The van der Waals surface area contributed by atoms with E-state index in [9.17, 15) is 22.4 Å². The predicted octanol–water partition coefficient (Wildman–Crippen LogP) is 1.92. The molecular weight excluding hydrogens is 385 g/mol. The van der Waals surface area contributed by atoms with Gasteiger partial charge in [-0.3, -0.25) is 9.89 Å². The van der Waals surface area contributed by atoms with Crippen molar-refractivity contribution in [2.45, 2.75) is 11.8 Å². The van der Waals surface area contributed by atoms with Crippen LogP contribution in [-0.2, 0) is 9.84 Å². The molecule has 0 spiro atoms. The van der Waals surface area contributed by atoms with Gasteiger partial charge in [0.1, 0.15) is 10.7 Å². The van der Waals surface area contributed by atoms with E-state index < -0.39 is 32.1 Å². The molecule has 0 aliphatic carbocycles. The lowest BCUT2D eigenvalue weighted by molar-refractivity contribution is 0.0691. The summed E-state index contributed by atoms with van der Waals surface area (Å²) in [5.74, 6) is -2.36. The maximum absolute atomic E-state index is 13.9. The molecule has 0 saturated carbocycles. The molecule has 0 unspecified atom stereocenters. The van der Waals surface area contributed by atoms with E-state index in [4.69, 9.17) is 5.11 Å². The zero-order chi connectivity index (χ0) is 19.1. The number of carboxylic acids is 1. The van der Waals surface area contributed by atoms with Crippen molar-refractivity contribution in [2.75, 3.05) is 5.75 Å². The van der Waals surface area contributed by atoms with Crippen LogP contribution in [0.2, 0.25) is 0 Å². The van der Waals surface area contributed by atoms with Gasteiger partial charge in [-0.1, -0.05) is 6.92 Å². The third-order valence-corrected chi connectivity index (χ3v) is 6.15. The monoisotopic (exact) mass is 397 g/mol. The first-order valence-corrected chi connectivity index (χ1v) is 9.80. The number of rotatable bonds is 5. The summed E-state index contributed by atoms with van der Waals surface area (Å²) in [7, 11) is -3.77. The van der Waals surface area contributed by atoms with Crippen LogP contribution in [0.1, 0.15) is 17.4 Å². The van der Waals surface area contributed by atoms with E-state index >= 15 is 0 Å². The molecule has 0 bridgehead atoms. The quantitative estimate of drug-likeness (QED) is 0.678. The summed E-state index contributed by atoms with van der Waals surface area (Å²) in [6, 6.07) is 4.69. The molecule has 2 N–H and O–H groups in total. The van der Waals surface area contributed by atoms with Gasteiger partial charge < -0.3 is 5.11 Å². The highest BCUT2D eigenvalue weighted by molar-refractivity contribution is 7.91. The Bertz CT molecular complexity index is 1160. The number of nitrogens with zero attached hydrogens (tertiary/aromatic N) is 2. The van der Waals surface area contributed by atoms with Crippen LogP contribution >= 0.6 is 11.3 Å². The van der Waals surface area contributed by atoms with Crippen LogP contribution in [0, 0.1) is 5.82 Å². The Morgan fingerprint density at radius 1 is 1.38 bits per heavy atom. The molecule has 3 aromatic rings. The molecular formula is C15H12FN3O5S2. The second-order valence-corrected chi connectivity index (χ2v) is 8.30. The average molecular weight is 397 g/mol. The Labute approximate surface area is 150 Å². The summed E-state index contributed by atoms with van der Waals surface area (Å²) < 4.78 is 38.9. The summed E-state index contributed by atoms with van der Waals surface area (Å²) in [6.07, 6.45) is 0. The summed E-state index contributed by atoms with van der Waals surface area (Å²) in [5, 5.41) is 13.0. The number of benzene rings is 1. The Hall–Kier alpha value is -2.79. The van der Waals surface area contributed by atoms with Crippen molar-refractivity contribution in [2.24, 2.45) is 0 Å². The molecule has 3 rings (SSSR count). The van der Waals surface area contributed by atoms with Crippen molar-refractivity contribution < 1.29 is 22.7 Å². The average Bonchev–Trinajstić information content (AvgIpc) is 3.21. The Morgan fingerprint density at radius 2 is 2.12 bits per heavy atom. The molecule has 0 saturated heterocycles. The molecule has 0 aliphatic heterocycles. The van der Waals surface area contributed by atoms with E-state index in [0.717, 1.165) is 28.2 Å². The van der Waals surface area contributed by atoms with Crippen LogP contribution in [0.5, 0.6) is 0 Å². The fourth-order valence-electron chi connectivity index (χ4n) is 2.22. The molecule has 0 atom stereocenters. The van der Waals surface area contributed by atoms with Crippen LogP contribution < -0.4 is 5.56 Å². The molecule has 136 valence electrons. The Balaban J connectivity index is 2.08. The number of aromatic carboxylic acids is 1. The molecule has 8 nitrogen and oxygen atoms in total. The lowest BCUT2D eigenvalue weighted by atomic mass is 10.1. The molecule has 0 radical (unpaired) electrons. The molecule has 0 fully saturated rings. The van der Waals surface area contributed by atoms with Gasteiger partial charge in [0.2, 0.25) is 5.13 Å². The van der Waals surface area contributed by atoms with E-state index in [-0.39, 0.29) is 22.3 Å². The van der Waals surface area contributed by atoms with Gasteiger partial charge in [0.25, 0.3) is 5.56 Å². The number of halogens is 1. The first-order valence-electron chi connectivity index (χ1n) is 7.27. The SMILES string of the molecule is CCS(=O)(=O)c1cc(-c2cc(=O)n(-c3nc(C(=O)O)cs3)[nH]2)ccc1F. The normalized spacial score (nSPS) is 11.6. The Kier molecular flexibility index (Phi) is 4.50. The van der Waals surface area contributed by atoms with Gasteiger partial charge in [0.05, 0.1) is 11.4 Å². The molecule has 2 heterocycles. The second kappa shape index (κ2) is 6.50. The van der Waals surface area contributed by atoms with Crippen molar-refractivity contribution in [3.05, 3.63) is 51.5 Å². The smallest absolute Gasteiger partial charge is 0.355 e. The standard InChI is InChI=1S/C15H12FN3O5S2/c1-2-26(23,24)12-5-8(3-4-9(12)16)10-6-13(20)19(18-10)15-17-11(7-25-15)14(21)22/h3-7,18H,2H2,1H3,(H,21,22). The fraction of sp³-hybridized carbons (Fsp3) is 0.133. The summed E-state index contributed by atoms with van der Waals surface area (Å²) in [6.45, 7) is 1.41. The molecule has 0 amide bonds. The number of thiazole rings is 1. The van der Waals surface area contributed by atoms with Gasteiger partial charge in [0, 0.05) is 17.0 Å². The highest BCUT2D eigenvalue weighted by atomic mass is 32.2. The number of aromatic amines is 1. The molecule has 2 aromatic heterocycles. The van der Waals surface area contributed by atoms with E-state index in [2.05, 4.69) is 10.1 Å². The predicted molar refractivity (Wildman–Crippen MR) is 92.1 cm³/mol. The number of sulfone groups is 1. The van der Waals surface area contributed by atoms with Crippen molar-refractivity contribution in [1.29, 1.82) is 0 Å². The van der Waals surface area contributed by atoms with Gasteiger partial charge in [-0.15, -0.1) is 11.3 Å². The summed E-state index contributed by atoms with van der Waals surface area (Å²) in [5.41, 5.74) is -0.180. The van der Waals surface area contributed by atoms with Crippen molar-refractivity contribution in [3.63, 3.8) is 0 Å². The van der Waals surface area contributed by atoms with Crippen molar-refractivity contribution >= 4 is 27.1 Å². The van der Waals surface area contributed by atoms with E-state index in [0.29, 0.717) is 5.56 Å². The van der Waals surface area contributed by atoms with Crippen LogP contribution in [0.15, 0.2) is 39.3 Å². The van der Waals surface area contributed by atoms with Crippen LogP contribution in [0.4, 0.5) is 4.39 Å². The zero-order valence-electron chi connectivity index (χ0n) is 13.3. The number of carbonyl (C=O) groups is 1. The number of nitrogens with one attached hydrogen (secondary N) is 1. The number of hydrogen-bond acceptors (Lipinski definition) is 6. The lowest BCUT2D eigenvalue weighted by Crippen LogP contribution is -2.13. The third kappa shape index (κ3) is 3.18. The largest absolute Gasteiger partial charge is 0.476 e. The van der Waals surface area contributed by atoms with Gasteiger partial charge in [-0.2, -0.15) is 4.68 Å². The van der Waals surface area contributed by atoms with Crippen LogP contribution in [-0.4, -0.2) is 40.0 Å². The highest BCUT2D eigenvalue weighted by Crippen LogP contribution is 2.24. The Morgan fingerprint density at radius 3 is 2.73 bits per heavy atom. The molecule has 0 aliphatic rings. The maximum Gasteiger partial charge on any atom is 0.355 e. The minimum Gasteiger partial charge on any atom is -0.476 e. The number of aromatic nitrogens is 3. The van der Waals surface area contributed by atoms with E-state index in [1.807, 2.05) is 0 Å².